The third-order valence-electron chi connectivity index (χ3n) is 4.43. The van der Waals surface area contributed by atoms with Crippen LogP contribution in [0.5, 0.6) is 0 Å². The number of aromatic nitrogens is 2. The second-order valence-corrected chi connectivity index (χ2v) is 8.12. The molecule has 1 unspecified atom stereocenters. The molecule has 0 radical (unpaired) electrons. The lowest BCUT2D eigenvalue weighted by Gasteiger charge is -2.13. The third-order valence-corrected chi connectivity index (χ3v) is 6.07. The fraction of sp³-hybridized carbons (Fsp3) is 0.316. The summed E-state index contributed by atoms with van der Waals surface area (Å²) in [5.74, 6) is -1.57. The van der Waals surface area contributed by atoms with E-state index in [9.17, 15) is 22.8 Å². The Morgan fingerprint density at radius 1 is 1.33 bits per heavy atom. The summed E-state index contributed by atoms with van der Waals surface area (Å²) in [6.07, 6.45) is -4.54. The quantitative estimate of drug-likeness (QED) is 0.536. The predicted octanol–water partition coefficient (Wildman–Crippen LogP) is 5.14. The van der Waals surface area contributed by atoms with E-state index in [1.165, 1.54) is 14.0 Å². The van der Waals surface area contributed by atoms with Gasteiger partial charge in [0.05, 0.1) is 24.6 Å². The molecule has 160 valence electrons. The maximum Gasteiger partial charge on any atom is 0.435 e. The number of aryl methyl sites for hydroxylation is 1. The zero-order valence-corrected chi connectivity index (χ0v) is 17.7. The van der Waals surface area contributed by atoms with E-state index in [2.05, 4.69) is 10.4 Å². The Bertz CT molecular complexity index is 1120. The second kappa shape index (κ2) is 8.27. The molecule has 6 nitrogen and oxygen atoms in total. The first-order valence-corrected chi connectivity index (χ1v) is 9.93. The summed E-state index contributed by atoms with van der Waals surface area (Å²) < 4.78 is 45.0. The fourth-order valence-electron chi connectivity index (χ4n) is 2.81. The number of carbonyl (C=O) groups excluding carboxylic acids is 2. The molecule has 0 aliphatic heterocycles. The number of hydrogen-bond donors (Lipinski definition) is 1. The van der Waals surface area contributed by atoms with Crippen LogP contribution in [0.1, 0.15) is 28.0 Å². The molecule has 0 bridgehead atoms. The van der Waals surface area contributed by atoms with Crippen LogP contribution in [-0.4, -0.2) is 28.8 Å². The van der Waals surface area contributed by atoms with Crippen LogP contribution in [0.3, 0.4) is 0 Å². The Labute approximate surface area is 178 Å². The molecule has 3 rings (SSSR count). The van der Waals surface area contributed by atoms with E-state index in [1.54, 1.807) is 25.1 Å². The molecular formula is C19H17ClF3N3O3S. The van der Waals surface area contributed by atoms with Crippen LogP contribution in [0, 0.1) is 12.8 Å². The predicted molar refractivity (Wildman–Crippen MR) is 108 cm³/mol. The Hall–Kier alpha value is -2.59. The molecule has 0 saturated carbocycles. The smallest absolute Gasteiger partial charge is 0.435 e. The van der Waals surface area contributed by atoms with Crippen LogP contribution in [-0.2, 0) is 22.3 Å². The van der Waals surface area contributed by atoms with Gasteiger partial charge in [0.1, 0.15) is 4.88 Å². The number of esters is 1. The van der Waals surface area contributed by atoms with Gasteiger partial charge in [0, 0.05) is 21.5 Å². The van der Waals surface area contributed by atoms with Crippen molar-refractivity contribution < 1.29 is 27.5 Å². The lowest BCUT2D eigenvalue weighted by atomic mass is 10.1. The van der Waals surface area contributed by atoms with Crippen molar-refractivity contribution in [3.05, 3.63) is 45.6 Å². The molecule has 0 aliphatic carbocycles. The first-order valence-electron chi connectivity index (χ1n) is 8.74. The number of anilines is 1. The highest BCUT2D eigenvalue weighted by Gasteiger charge is 2.34. The normalized spacial score (nSPS) is 12.8. The first kappa shape index (κ1) is 22.1. The van der Waals surface area contributed by atoms with Crippen LogP contribution < -0.4 is 5.32 Å². The van der Waals surface area contributed by atoms with Crippen molar-refractivity contribution in [3.8, 4) is 0 Å². The van der Waals surface area contributed by atoms with Crippen molar-refractivity contribution in [2.75, 3.05) is 12.4 Å². The van der Waals surface area contributed by atoms with E-state index in [0.717, 1.165) is 22.1 Å². The van der Waals surface area contributed by atoms with E-state index in [0.29, 0.717) is 21.5 Å². The Morgan fingerprint density at radius 3 is 2.63 bits per heavy atom. The number of alkyl halides is 3. The zero-order chi connectivity index (χ0) is 22.2. The van der Waals surface area contributed by atoms with Gasteiger partial charge in [-0.25, -0.2) is 4.79 Å². The summed E-state index contributed by atoms with van der Waals surface area (Å²) >= 11 is 7.35. The summed E-state index contributed by atoms with van der Waals surface area (Å²) in [5, 5.41) is 7.20. The van der Waals surface area contributed by atoms with E-state index in [1.807, 2.05) is 0 Å². The minimum absolute atomic E-state index is 0.00664. The molecule has 0 aliphatic rings. The molecule has 30 heavy (non-hydrogen) atoms. The van der Waals surface area contributed by atoms with Crippen LogP contribution >= 0.6 is 22.9 Å². The van der Waals surface area contributed by atoms with Crippen LogP contribution in [0.15, 0.2) is 24.3 Å². The molecule has 0 fully saturated rings. The van der Waals surface area contributed by atoms with Gasteiger partial charge in [-0.15, -0.1) is 11.3 Å². The van der Waals surface area contributed by atoms with Gasteiger partial charge in [-0.05, 0) is 31.2 Å². The van der Waals surface area contributed by atoms with E-state index < -0.39 is 23.8 Å². The van der Waals surface area contributed by atoms with Gasteiger partial charge >= 0.3 is 12.1 Å². The van der Waals surface area contributed by atoms with Crippen molar-refractivity contribution >= 4 is 50.6 Å². The largest absolute Gasteiger partial charge is 0.465 e. The summed E-state index contributed by atoms with van der Waals surface area (Å²) in [6, 6.07) is 5.92. The average Bonchev–Trinajstić information content (AvgIpc) is 3.21. The number of amides is 1. The monoisotopic (exact) mass is 459 g/mol. The number of carbonyl (C=O) groups is 2. The molecule has 1 atom stereocenters. The third kappa shape index (κ3) is 4.44. The van der Waals surface area contributed by atoms with E-state index in [-0.39, 0.29) is 22.4 Å². The molecule has 1 N–H and O–H groups in total. The number of fused-ring (bicyclic) bond motifs is 1. The molecule has 11 heteroatoms. The number of nitrogens with one attached hydrogen (secondary N) is 1. The highest BCUT2D eigenvalue weighted by atomic mass is 35.5. The summed E-state index contributed by atoms with van der Waals surface area (Å²) in [4.78, 5) is 24.6. The van der Waals surface area contributed by atoms with Crippen molar-refractivity contribution in [1.29, 1.82) is 0 Å². The molecule has 1 amide bonds. The number of rotatable bonds is 5. The van der Waals surface area contributed by atoms with Gasteiger partial charge in [-0.2, -0.15) is 18.3 Å². The molecule has 0 spiro atoms. The van der Waals surface area contributed by atoms with Gasteiger partial charge in [-0.1, -0.05) is 18.5 Å². The molecular weight excluding hydrogens is 443 g/mol. The van der Waals surface area contributed by atoms with Crippen LogP contribution in [0.2, 0.25) is 5.02 Å². The molecule has 0 saturated heterocycles. The first-order chi connectivity index (χ1) is 14.0. The fourth-order valence-corrected chi connectivity index (χ4v) is 4.27. The van der Waals surface area contributed by atoms with E-state index in [4.69, 9.17) is 16.3 Å². The van der Waals surface area contributed by atoms with Gasteiger partial charge in [0.15, 0.2) is 5.69 Å². The number of hydrogen-bond acceptors (Lipinski definition) is 5. The summed E-state index contributed by atoms with van der Waals surface area (Å²) in [5.41, 5.74) is -0.206. The molecule has 1 aromatic carbocycles. The van der Waals surface area contributed by atoms with Crippen molar-refractivity contribution in [3.63, 3.8) is 0 Å². The standard InChI is InChI=1S/C19H17ClF3N3O3S/c1-9(8-26-10(2)6-14(25-26)19(21,22)23)17(27)24-11-4-5-12-13(7-11)30-16(15(12)20)18(28)29-3/h4-7,9H,8H2,1-3H3,(H,24,27). The Morgan fingerprint density at radius 2 is 2.03 bits per heavy atom. The van der Waals surface area contributed by atoms with Gasteiger partial charge < -0.3 is 10.1 Å². The maximum absolute atomic E-state index is 12.8. The lowest BCUT2D eigenvalue weighted by Crippen LogP contribution is -2.25. The number of ether oxygens (including phenoxy) is 1. The number of thiophene rings is 1. The molecule has 2 aromatic heterocycles. The number of methoxy groups -OCH3 is 1. The number of nitrogens with zero attached hydrogens (tertiary/aromatic N) is 2. The van der Waals surface area contributed by atoms with Crippen LogP contribution in [0.4, 0.5) is 18.9 Å². The summed E-state index contributed by atoms with van der Waals surface area (Å²) in [6.45, 7) is 3.09. The van der Waals surface area contributed by atoms with Gasteiger partial charge in [-0.3, -0.25) is 9.48 Å². The highest BCUT2D eigenvalue weighted by Crippen LogP contribution is 2.37. The minimum Gasteiger partial charge on any atom is -0.465 e. The molecule has 2 heterocycles. The van der Waals surface area contributed by atoms with E-state index >= 15 is 0 Å². The second-order valence-electron chi connectivity index (χ2n) is 6.69. The highest BCUT2D eigenvalue weighted by molar-refractivity contribution is 7.21. The Kier molecular flexibility index (Phi) is 6.09. The SMILES string of the molecule is COC(=O)c1sc2cc(NC(=O)C(C)Cn3nc(C(F)(F)F)cc3C)ccc2c1Cl. The van der Waals surface area contributed by atoms with Crippen molar-refractivity contribution in [2.45, 2.75) is 26.6 Å². The zero-order valence-electron chi connectivity index (χ0n) is 16.1. The summed E-state index contributed by atoms with van der Waals surface area (Å²) in [7, 11) is 1.26. The van der Waals surface area contributed by atoms with Crippen molar-refractivity contribution in [1.82, 2.24) is 9.78 Å². The van der Waals surface area contributed by atoms with Gasteiger partial charge in [0.25, 0.3) is 0 Å². The Balaban J connectivity index is 1.74. The minimum atomic E-state index is -4.54. The maximum atomic E-state index is 12.8. The lowest BCUT2D eigenvalue weighted by molar-refractivity contribution is -0.141. The number of halogens is 4. The topological polar surface area (TPSA) is 73.2 Å². The molecule has 3 aromatic rings. The van der Waals surface area contributed by atoms with Gasteiger partial charge in [0.2, 0.25) is 5.91 Å². The van der Waals surface area contributed by atoms with Crippen molar-refractivity contribution in [2.24, 2.45) is 5.92 Å². The number of benzene rings is 1. The average molecular weight is 460 g/mol. The van der Waals surface area contributed by atoms with Crippen LogP contribution in [0.25, 0.3) is 10.1 Å².